The van der Waals surface area contributed by atoms with E-state index in [1.54, 1.807) is 48.1 Å². The number of aryl methyl sites for hydroxylation is 1. The summed E-state index contributed by atoms with van der Waals surface area (Å²) in [5.41, 5.74) is 10.6. The van der Waals surface area contributed by atoms with Crippen molar-refractivity contribution >= 4 is 51.6 Å². The number of nitrogens with one attached hydrogen (secondary N) is 1. The molecular formula is C42H44FN11O5S. The number of fused-ring (bicyclic) bond motifs is 1. The van der Waals surface area contributed by atoms with Gasteiger partial charge in [0.25, 0.3) is 11.8 Å². The Morgan fingerprint density at radius 2 is 1.67 bits per heavy atom. The molecule has 0 radical (unpaired) electrons. The number of nitrogens with zero attached hydrogens (tertiary/aromatic N) is 9. The largest absolute Gasteiger partial charge is 0.482 e. The number of carbonyl (C=O) groups is 4. The Morgan fingerprint density at radius 1 is 0.917 bits per heavy atom. The van der Waals surface area contributed by atoms with Crippen LogP contribution in [-0.2, 0) is 9.59 Å². The predicted molar refractivity (Wildman–Crippen MR) is 222 cm³/mol. The molecule has 60 heavy (non-hydrogen) atoms. The number of thiazole rings is 1. The Morgan fingerprint density at radius 3 is 2.42 bits per heavy atom. The molecule has 16 nitrogen and oxygen atoms in total. The second kappa shape index (κ2) is 16.1. The molecule has 4 aliphatic heterocycles. The van der Waals surface area contributed by atoms with Crippen molar-refractivity contribution < 1.29 is 28.3 Å². The van der Waals surface area contributed by atoms with Crippen LogP contribution in [0.4, 0.5) is 21.0 Å². The molecule has 7 heterocycles. The van der Waals surface area contributed by atoms with E-state index in [0.717, 1.165) is 90.5 Å². The fourth-order valence-electron chi connectivity index (χ4n) is 8.60. The molecule has 2 aromatic carbocycles. The van der Waals surface area contributed by atoms with Gasteiger partial charge in [-0.1, -0.05) is 11.3 Å². The minimum atomic E-state index is -0.978. The molecule has 3 saturated heterocycles. The summed E-state index contributed by atoms with van der Waals surface area (Å²) in [7, 11) is 0. The van der Waals surface area contributed by atoms with Gasteiger partial charge in [0, 0.05) is 75.2 Å². The van der Waals surface area contributed by atoms with Gasteiger partial charge in [-0.2, -0.15) is 15.0 Å². The number of anilines is 3. The van der Waals surface area contributed by atoms with E-state index < -0.39 is 41.6 Å². The number of rotatable bonds is 10. The summed E-state index contributed by atoms with van der Waals surface area (Å²) in [4.78, 5) is 70.6. The molecule has 3 fully saturated rings. The molecule has 310 valence electrons. The van der Waals surface area contributed by atoms with Crippen molar-refractivity contribution in [2.75, 3.05) is 61.3 Å². The summed E-state index contributed by atoms with van der Waals surface area (Å²) in [6.07, 6.45) is 6.48. The molecule has 5 aromatic rings. The highest BCUT2D eigenvalue weighted by atomic mass is 32.1. The predicted octanol–water partition coefficient (Wildman–Crippen LogP) is 4.40. The third-order valence-electron chi connectivity index (χ3n) is 11.9. The normalized spacial score (nSPS) is 19.5. The van der Waals surface area contributed by atoms with E-state index in [0.29, 0.717) is 34.0 Å². The maximum atomic E-state index is 14.4. The molecule has 0 spiro atoms. The number of aromatic nitrogens is 5. The van der Waals surface area contributed by atoms with E-state index in [9.17, 15) is 23.6 Å². The molecule has 0 saturated carbocycles. The number of imide groups is 2. The number of pyridine rings is 1. The van der Waals surface area contributed by atoms with Gasteiger partial charge in [0.2, 0.25) is 11.8 Å². The lowest BCUT2D eigenvalue weighted by atomic mass is 9.95. The van der Waals surface area contributed by atoms with Crippen LogP contribution >= 0.6 is 11.3 Å². The number of carbonyl (C=O) groups excluding carboxylic acids is 4. The number of nitrogen functional groups attached to an aromatic ring is 1. The van der Waals surface area contributed by atoms with Crippen molar-refractivity contribution in [3.05, 3.63) is 89.3 Å². The lowest BCUT2D eigenvalue weighted by Crippen LogP contribution is -2.54. The average molecular weight is 834 g/mol. The maximum Gasteiger partial charge on any atom is 0.262 e. The van der Waals surface area contributed by atoms with E-state index in [-0.39, 0.29) is 18.7 Å². The van der Waals surface area contributed by atoms with Gasteiger partial charge in [0.15, 0.2) is 16.7 Å². The van der Waals surface area contributed by atoms with E-state index in [1.807, 2.05) is 26.0 Å². The van der Waals surface area contributed by atoms with Crippen molar-refractivity contribution in [1.29, 1.82) is 0 Å². The quantitative estimate of drug-likeness (QED) is 0.189. The second-order valence-electron chi connectivity index (χ2n) is 15.7. The van der Waals surface area contributed by atoms with Crippen molar-refractivity contribution in [2.24, 2.45) is 5.92 Å². The Bertz CT molecular complexity index is 2480. The number of benzene rings is 2. The van der Waals surface area contributed by atoms with E-state index in [4.69, 9.17) is 15.5 Å². The summed E-state index contributed by atoms with van der Waals surface area (Å²) in [6, 6.07) is 10.6. The van der Waals surface area contributed by atoms with E-state index >= 15 is 0 Å². The molecule has 2 atom stereocenters. The molecule has 9 rings (SSSR count). The van der Waals surface area contributed by atoms with Crippen LogP contribution in [0.3, 0.4) is 0 Å². The van der Waals surface area contributed by atoms with Crippen LogP contribution < -0.4 is 25.6 Å². The van der Waals surface area contributed by atoms with Crippen LogP contribution in [0.5, 0.6) is 5.75 Å². The van der Waals surface area contributed by atoms with Gasteiger partial charge in [0.1, 0.15) is 18.0 Å². The highest BCUT2D eigenvalue weighted by Gasteiger charge is 2.45. The SMILES string of the molecule is Cc1nc(N2CCN(CC3CCN(c4ccc5c(c4)C(=O)N(C4CCC(=O)NC4=O)C5=O)CC3)CC2)sc1-c1cnc(N)c(O[C@@H](C)c2cc(F)ccc2-n2nccn2)c1. The number of hydrogen-bond donors (Lipinski definition) is 2. The van der Waals surface area contributed by atoms with E-state index in [1.165, 1.54) is 16.9 Å². The fourth-order valence-corrected chi connectivity index (χ4v) is 9.70. The van der Waals surface area contributed by atoms with Gasteiger partial charge in [0.05, 0.1) is 39.8 Å². The maximum absolute atomic E-state index is 14.4. The number of ether oxygens (including phenoxy) is 1. The molecular weight excluding hydrogens is 790 g/mol. The second-order valence-corrected chi connectivity index (χ2v) is 16.7. The summed E-state index contributed by atoms with van der Waals surface area (Å²) < 4.78 is 20.7. The van der Waals surface area contributed by atoms with Crippen molar-refractivity contribution in [3.8, 4) is 21.9 Å². The average Bonchev–Trinajstić information content (AvgIpc) is 3.98. The number of nitrogens with two attached hydrogens (primary N) is 1. The molecule has 0 aliphatic carbocycles. The van der Waals surface area contributed by atoms with Crippen molar-refractivity contribution in [1.82, 2.24) is 40.1 Å². The minimum Gasteiger partial charge on any atom is -0.482 e. The zero-order chi connectivity index (χ0) is 41.7. The molecule has 3 aromatic heterocycles. The van der Waals surface area contributed by atoms with Crippen LogP contribution in [0.15, 0.2) is 61.1 Å². The number of halogens is 1. The van der Waals surface area contributed by atoms with Crippen LogP contribution in [0.2, 0.25) is 0 Å². The molecule has 4 aliphatic rings. The first kappa shape index (κ1) is 39.2. The topological polar surface area (TPSA) is 185 Å². The van der Waals surface area contributed by atoms with Gasteiger partial charge < -0.3 is 20.3 Å². The van der Waals surface area contributed by atoms with Gasteiger partial charge in [-0.15, -0.1) is 0 Å². The standard InChI is InChI=1S/C42H44FN11O5S/c1-24-37(27-19-35(38(44)45-22-27)59-25(2)31-20-28(43)3-6-33(31)54-46-11-12-47-54)60-42(48-24)52-17-15-50(16-18-52)23-26-9-13-51(14-10-26)29-4-5-30-32(21-29)41(58)53(40(30)57)34-7-8-36(55)49-39(34)56/h3-6,11-12,19-22,25-26,34H,7-10,13-18,23H2,1-2H3,(H2,44,45)(H,49,55,56)/t25-,34?/m0/s1. The minimum absolute atomic E-state index is 0.0877. The van der Waals surface area contributed by atoms with Crippen LogP contribution in [0.1, 0.15) is 70.7 Å². The Balaban J connectivity index is 0.784. The highest BCUT2D eigenvalue weighted by Crippen LogP contribution is 2.39. The summed E-state index contributed by atoms with van der Waals surface area (Å²) in [6.45, 7) is 10.1. The number of piperazine rings is 1. The number of amides is 4. The van der Waals surface area contributed by atoms with Crippen molar-refractivity contribution in [3.63, 3.8) is 0 Å². The van der Waals surface area contributed by atoms with Gasteiger partial charge in [-0.05, 0) is 81.5 Å². The lowest BCUT2D eigenvalue weighted by Gasteiger charge is -2.39. The van der Waals surface area contributed by atoms with Crippen LogP contribution in [0, 0.1) is 18.7 Å². The van der Waals surface area contributed by atoms with Crippen LogP contribution in [-0.4, -0.2) is 110 Å². The van der Waals surface area contributed by atoms with Gasteiger partial charge >= 0.3 is 0 Å². The number of hydrogen-bond acceptors (Lipinski definition) is 14. The Hall–Kier alpha value is -6.27. The third kappa shape index (κ3) is 7.56. The summed E-state index contributed by atoms with van der Waals surface area (Å²) >= 11 is 1.61. The first-order chi connectivity index (χ1) is 29.0. The fraction of sp³-hybridized carbons (Fsp3) is 0.381. The summed E-state index contributed by atoms with van der Waals surface area (Å²) in [5.74, 6) is -1.24. The number of piperidine rings is 2. The van der Waals surface area contributed by atoms with Gasteiger partial charge in [-0.3, -0.25) is 34.3 Å². The monoisotopic (exact) mass is 833 g/mol. The third-order valence-corrected chi connectivity index (χ3v) is 13.1. The molecule has 4 amide bonds. The zero-order valence-corrected chi connectivity index (χ0v) is 34.0. The highest BCUT2D eigenvalue weighted by molar-refractivity contribution is 7.19. The molecule has 0 bridgehead atoms. The smallest absolute Gasteiger partial charge is 0.262 e. The van der Waals surface area contributed by atoms with Crippen LogP contribution in [0.25, 0.3) is 16.1 Å². The molecule has 1 unspecified atom stereocenters. The van der Waals surface area contributed by atoms with Crippen molar-refractivity contribution in [2.45, 2.75) is 51.7 Å². The Kier molecular flexibility index (Phi) is 10.5. The first-order valence-electron chi connectivity index (χ1n) is 20.1. The molecule has 18 heteroatoms. The van der Waals surface area contributed by atoms with E-state index in [2.05, 4.69) is 35.2 Å². The lowest BCUT2D eigenvalue weighted by molar-refractivity contribution is -0.136. The summed E-state index contributed by atoms with van der Waals surface area (Å²) in [5, 5.41) is 11.6. The first-order valence-corrected chi connectivity index (χ1v) is 21.0. The zero-order valence-electron chi connectivity index (χ0n) is 33.2. The van der Waals surface area contributed by atoms with Gasteiger partial charge in [-0.25, -0.2) is 14.4 Å². The molecule has 3 N–H and O–H groups in total. The Labute approximate surface area is 349 Å².